The van der Waals surface area contributed by atoms with Gasteiger partial charge in [0.1, 0.15) is 11.9 Å². The summed E-state index contributed by atoms with van der Waals surface area (Å²) in [6.07, 6.45) is -1.32. The fourth-order valence-corrected chi connectivity index (χ4v) is 1.84. The van der Waals surface area contributed by atoms with E-state index in [0.717, 1.165) is 0 Å². The van der Waals surface area contributed by atoms with E-state index in [9.17, 15) is 9.90 Å². The van der Waals surface area contributed by atoms with Crippen molar-refractivity contribution in [3.8, 4) is 5.75 Å². The summed E-state index contributed by atoms with van der Waals surface area (Å²) in [4.78, 5) is 11.4. The zero-order chi connectivity index (χ0) is 13.8. The van der Waals surface area contributed by atoms with Gasteiger partial charge in [-0.2, -0.15) is 0 Å². The maximum atomic E-state index is 11.4. The van der Waals surface area contributed by atoms with E-state index in [1.165, 1.54) is 6.07 Å². The molecule has 1 aliphatic heterocycles. The van der Waals surface area contributed by atoms with Crippen molar-refractivity contribution in [2.45, 2.75) is 19.1 Å². The lowest BCUT2D eigenvalue weighted by molar-refractivity contribution is -0.153. The van der Waals surface area contributed by atoms with E-state index >= 15 is 0 Å². The molecule has 0 aromatic heterocycles. The minimum absolute atomic E-state index is 0.0123. The lowest BCUT2D eigenvalue weighted by Crippen LogP contribution is -2.38. The Hall–Kier alpha value is -1.30. The third-order valence-corrected chi connectivity index (χ3v) is 2.98. The average Bonchev–Trinajstić information content (AvgIpc) is 2.34. The maximum Gasteiger partial charge on any atom is 0.339 e. The van der Waals surface area contributed by atoms with Crippen molar-refractivity contribution >= 4 is 17.6 Å². The Balaban J connectivity index is 2.06. The molecule has 19 heavy (non-hydrogen) atoms. The van der Waals surface area contributed by atoms with Crippen molar-refractivity contribution in [3.63, 3.8) is 0 Å². The van der Waals surface area contributed by atoms with Crippen LogP contribution in [0.1, 0.15) is 18.6 Å². The number of aliphatic hydroxyl groups excluding tert-OH is 1. The number of aliphatic hydroxyl groups is 1. The predicted molar refractivity (Wildman–Crippen MR) is 68.3 cm³/mol. The molecule has 0 aliphatic carbocycles. The monoisotopic (exact) mass is 286 g/mol. The minimum atomic E-state index is -1.33. The molecule has 1 saturated heterocycles. The molecule has 1 N–H and O–H groups in total. The topological polar surface area (TPSA) is 65.0 Å². The number of hydrogen-bond acceptors (Lipinski definition) is 5. The summed E-state index contributed by atoms with van der Waals surface area (Å²) in [6, 6.07) is 4.71. The van der Waals surface area contributed by atoms with E-state index < -0.39 is 12.1 Å². The summed E-state index contributed by atoms with van der Waals surface area (Å²) in [5.41, 5.74) is 0.376. The largest absolute Gasteiger partial charge is 0.484 e. The van der Waals surface area contributed by atoms with Gasteiger partial charge in [0.2, 0.25) is 0 Å². The minimum Gasteiger partial charge on any atom is -0.484 e. The second-order valence-electron chi connectivity index (χ2n) is 4.12. The second kappa shape index (κ2) is 6.23. The summed E-state index contributed by atoms with van der Waals surface area (Å²) in [6.45, 7) is 2.98. The van der Waals surface area contributed by atoms with Gasteiger partial charge in [-0.25, -0.2) is 4.79 Å². The molecule has 1 aromatic carbocycles. The molecule has 1 unspecified atom stereocenters. The zero-order valence-corrected chi connectivity index (χ0v) is 11.2. The summed E-state index contributed by atoms with van der Waals surface area (Å²) in [5, 5.41) is 10.1. The molecule has 6 heteroatoms. The number of hydrogen-bond donors (Lipinski definition) is 1. The summed E-state index contributed by atoms with van der Waals surface area (Å²) < 4.78 is 15.3. The molecule has 1 aliphatic rings. The van der Waals surface area contributed by atoms with Crippen LogP contribution >= 0.6 is 11.6 Å². The first-order valence-electron chi connectivity index (χ1n) is 6.00. The van der Waals surface area contributed by atoms with Crippen LogP contribution in [0.4, 0.5) is 0 Å². The number of carbonyl (C=O) groups is 1. The van der Waals surface area contributed by atoms with E-state index in [1.807, 2.05) is 0 Å². The van der Waals surface area contributed by atoms with Crippen LogP contribution in [-0.2, 0) is 14.3 Å². The third kappa shape index (κ3) is 3.37. The van der Waals surface area contributed by atoms with Gasteiger partial charge in [-0.15, -0.1) is 0 Å². The number of halogens is 1. The van der Waals surface area contributed by atoms with E-state index in [4.69, 9.17) is 25.8 Å². The van der Waals surface area contributed by atoms with E-state index in [2.05, 4.69) is 0 Å². The third-order valence-electron chi connectivity index (χ3n) is 2.68. The average molecular weight is 287 g/mol. The van der Waals surface area contributed by atoms with Gasteiger partial charge >= 0.3 is 5.97 Å². The quantitative estimate of drug-likeness (QED) is 0.835. The van der Waals surface area contributed by atoms with Crippen molar-refractivity contribution in [2.75, 3.05) is 19.8 Å². The van der Waals surface area contributed by atoms with Crippen LogP contribution in [0.25, 0.3) is 0 Å². The predicted octanol–water partition coefficient (Wildman–Crippen LogP) is 1.71. The lowest BCUT2D eigenvalue weighted by Gasteiger charge is -2.27. The Bertz CT molecular complexity index is 458. The molecular formula is C13H15ClO5. The van der Waals surface area contributed by atoms with Gasteiger partial charge in [-0.05, 0) is 24.6 Å². The van der Waals surface area contributed by atoms with Crippen LogP contribution in [0.3, 0.4) is 0 Å². The molecule has 1 fully saturated rings. The van der Waals surface area contributed by atoms with Crippen molar-refractivity contribution in [1.82, 2.24) is 0 Å². The van der Waals surface area contributed by atoms with Crippen LogP contribution in [0.15, 0.2) is 18.2 Å². The number of rotatable bonds is 5. The summed E-state index contributed by atoms with van der Waals surface area (Å²) in [5.74, 6) is -0.186. The Morgan fingerprint density at radius 3 is 2.84 bits per heavy atom. The molecule has 104 valence electrons. The van der Waals surface area contributed by atoms with Crippen molar-refractivity contribution in [2.24, 2.45) is 0 Å². The SMILES string of the molecule is CCOC(=O)C(O)c1ccc(OC2COC2)c(Cl)c1. The molecule has 0 bridgehead atoms. The van der Waals surface area contributed by atoms with Crippen LogP contribution in [0.2, 0.25) is 5.02 Å². The number of esters is 1. The molecule has 0 spiro atoms. The lowest BCUT2D eigenvalue weighted by atomic mass is 10.1. The molecule has 1 heterocycles. The highest BCUT2D eigenvalue weighted by molar-refractivity contribution is 6.32. The van der Waals surface area contributed by atoms with E-state index in [-0.39, 0.29) is 12.7 Å². The van der Waals surface area contributed by atoms with Gasteiger partial charge in [-0.1, -0.05) is 17.7 Å². The molecule has 0 saturated carbocycles. The molecule has 0 radical (unpaired) electrons. The van der Waals surface area contributed by atoms with Gasteiger partial charge in [0, 0.05) is 0 Å². The zero-order valence-electron chi connectivity index (χ0n) is 10.5. The fraction of sp³-hybridized carbons (Fsp3) is 0.462. The van der Waals surface area contributed by atoms with Crippen molar-refractivity contribution in [1.29, 1.82) is 0 Å². The van der Waals surface area contributed by atoms with Gasteiger partial charge in [0.15, 0.2) is 6.10 Å². The smallest absolute Gasteiger partial charge is 0.339 e. The Labute approximate surface area is 116 Å². The first-order valence-corrected chi connectivity index (χ1v) is 6.38. The Morgan fingerprint density at radius 2 is 2.32 bits per heavy atom. The van der Waals surface area contributed by atoms with Crippen molar-refractivity contribution < 1.29 is 24.1 Å². The van der Waals surface area contributed by atoms with Crippen molar-refractivity contribution in [3.05, 3.63) is 28.8 Å². The number of ether oxygens (including phenoxy) is 3. The standard InChI is InChI=1S/C13H15ClO5/c1-2-18-13(16)12(15)8-3-4-11(10(14)5-8)19-9-6-17-7-9/h3-5,9,12,15H,2,6-7H2,1H3. The molecule has 1 atom stereocenters. The second-order valence-corrected chi connectivity index (χ2v) is 4.53. The van der Waals surface area contributed by atoms with E-state index in [1.54, 1.807) is 19.1 Å². The van der Waals surface area contributed by atoms with Gasteiger partial charge in [0.25, 0.3) is 0 Å². The molecular weight excluding hydrogens is 272 g/mol. The summed E-state index contributed by atoms with van der Waals surface area (Å²) >= 11 is 6.05. The van der Waals surface area contributed by atoms with Crippen LogP contribution in [0.5, 0.6) is 5.75 Å². The number of benzene rings is 1. The highest BCUT2D eigenvalue weighted by Crippen LogP contribution is 2.30. The van der Waals surface area contributed by atoms with Crippen LogP contribution in [-0.4, -0.2) is 37.0 Å². The first-order chi connectivity index (χ1) is 9.11. The molecule has 5 nitrogen and oxygen atoms in total. The first kappa shape index (κ1) is 14.1. The summed E-state index contributed by atoms with van der Waals surface area (Å²) in [7, 11) is 0. The fourth-order valence-electron chi connectivity index (χ4n) is 1.60. The highest BCUT2D eigenvalue weighted by Gasteiger charge is 2.23. The number of carbonyl (C=O) groups excluding carboxylic acids is 1. The normalized spacial score (nSPS) is 16.6. The van der Waals surface area contributed by atoms with Gasteiger partial charge in [-0.3, -0.25) is 0 Å². The van der Waals surface area contributed by atoms with Crippen LogP contribution < -0.4 is 4.74 Å². The van der Waals surface area contributed by atoms with Gasteiger partial charge in [0.05, 0.1) is 24.8 Å². The van der Waals surface area contributed by atoms with Gasteiger partial charge < -0.3 is 19.3 Å². The van der Waals surface area contributed by atoms with Crippen LogP contribution in [0, 0.1) is 0 Å². The molecule has 2 rings (SSSR count). The molecule has 1 aromatic rings. The van der Waals surface area contributed by atoms with E-state index in [0.29, 0.717) is 29.5 Å². The molecule has 0 amide bonds. The Kier molecular flexibility index (Phi) is 4.63. The maximum absolute atomic E-state index is 11.4. The Morgan fingerprint density at radius 1 is 1.58 bits per heavy atom. The highest BCUT2D eigenvalue weighted by atomic mass is 35.5.